The molecule has 0 bridgehead atoms. The number of aromatic nitrogens is 1. The van der Waals surface area contributed by atoms with Crippen molar-refractivity contribution in [2.45, 2.75) is 0 Å². The SMILES string of the molecule is c1ccc2nc(-c3ccc4oc5ccccc5c4c3)ccc2c1. The van der Waals surface area contributed by atoms with Crippen molar-refractivity contribution in [3.05, 3.63) is 78.9 Å². The van der Waals surface area contributed by atoms with Gasteiger partial charge in [0.2, 0.25) is 0 Å². The van der Waals surface area contributed by atoms with Crippen LogP contribution in [-0.2, 0) is 0 Å². The van der Waals surface area contributed by atoms with Crippen molar-refractivity contribution in [2.75, 3.05) is 0 Å². The Labute approximate surface area is 133 Å². The molecule has 2 heteroatoms. The van der Waals surface area contributed by atoms with Crippen molar-refractivity contribution in [3.63, 3.8) is 0 Å². The summed E-state index contributed by atoms with van der Waals surface area (Å²) in [4.78, 5) is 4.79. The van der Waals surface area contributed by atoms with E-state index in [0.29, 0.717) is 0 Å². The lowest BCUT2D eigenvalue weighted by molar-refractivity contribution is 0.669. The fourth-order valence-electron chi connectivity index (χ4n) is 3.11. The van der Waals surface area contributed by atoms with E-state index in [1.807, 2.05) is 42.5 Å². The third kappa shape index (κ3) is 1.92. The predicted octanol–water partition coefficient (Wildman–Crippen LogP) is 5.80. The minimum Gasteiger partial charge on any atom is -0.456 e. The molecule has 2 nitrogen and oxygen atoms in total. The molecule has 2 heterocycles. The third-order valence-corrected chi connectivity index (χ3v) is 4.27. The highest BCUT2D eigenvalue weighted by Crippen LogP contribution is 2.32. The standard InChI is InChI=1S/C21H13NO/c1-3-7-18-14(5-1)9-11-19(22-18)15-10-12-21-17(13-15)16-6-2-4-8-20(16)23-21/h1-13H. The van der Waals surface area contributed by atoms with Crippen LogP contribution in [0.4, 0.5) is 0 Å². The molecule has 0 saturated heterocycles. The molecule has 0 fully saturated rings. The molecule has 0 amide bonds. The van der Waals surface area contributed by atoms with Crippen LogP contribution in [0.5, 0.6) is 0 Å². The van der Waals surface area contributed by atoms with E-state index < -0.39 is 0 Å². The number of furan rings is 1. The van der Waals surface area contributed by atoms with Gasteiger partial charge in [0.1, 0.15) is 11.2 Å². The molecule has 0 aliphatic rings. The lowest BCUT2D eigenvalue weighted by Gasteiger charge is -2.03. The van der Waals surface area contributed by atoms with E-state index >= 15 is 0 Å². The highest BCUT2D eigenvalue weighted by molar-refractivity contribution is 6.06. The molecule has 0 radical (unpaired) electrons. The van der Waals surface area contributed by atoms with E-state index in [0.717, 1.165) is 44.1 Å². The van der Waals surface area contributed by atoms with Gasteiger partial charge in [-0.3, -0.25) is 0 Å². The molecule has 0 spiro atoms. The summed E-state index contributed by atoms with van der Waals surface area (Å²) in [6.45, 7) is 0. The summed E-state index contributed by atoms with van der Waals surface area (Å²) in [5, 5.41) is 3.43. The summed E-state index contributed by atoms with van der Waals surface area (Å²) in [6.07, 6.45) is 0. The maximum absolute atomic E-state index is 5.89. The maximum atomic E-state index is 5.89. The van der Waals surface area contributed by atoms with Gasteiger partial charge in [-0.1, -0.05) is 42.5 Å². The fraction of sp³-hybridized carbons (Fsp3) is 0. The van der Waals surface area contributed by atoms with Crippen molar-refractivity contribution in [3.8, 4) is 11.3 Å². The molecule has 0 unspecified atom stereocenters. The Hall–Kier alpha value is -3.13. The zero-order valence-electron chi connectivity index (χ0n) is 12.4. The Morgan fingerprint density at radius 2 is 1.48 bits per heavy atom. The Balaban J connectivity index is 1.76. The second-order valence-electron chi connectivity index (χ2n) is 5.70. The molecule has 2 aromatic heterocycles. The van der Waals surface area contributed by atoms with Gasteiger partial charge in [0, 0.05) is 21.7 Å². The average Bonchev–Trinajstić information content (AvgIpc) is 2.99. The van der Waals surface area contributed by atoms with Gasteiger partial charge in [0.05, 0.1) is 11.2 Å². The highest BCUT2D eigenvalue weighted by Gasteiger charge is 2.08. The van der Waals surface area contributed by atoms with E-state index in [1.165, 1.54) is 0 Å². The number of benzene rings is 3. The lowest BCUT2D eigenvalue weighted by atomic mass is 10.1. The van der Waals surface area contributed by atoms with E-state index in [9.17, 15) is 0 Å². The molecular formula is C21H13NO. The third-order valence-electron chi connectivity index (χ3n) is 4.27. The molecule has 0 saturated carbocycles. The second-order valence-corrected chi connectivity index (χ2v) is 5.70. The second kappa shape index (κ2) is 4.68. The first-order chi connectivity index (χ1) is 11.4. The number of rotatable bonds is 1. The zero-order valence-corrected chi connectivity index (χ0v) is 12.4. The number of fused-ring (bicyclic) bond motifs is 4. The first-order valence-electron chi connectivity index (χ1n) is 7.66. The quantitative estimate of drug-likeness (QED) is 0.390. The first-order valence-corrected chi connectivity index (χ1v) is 7.66. The minimum atomic E-state index is 0.913. The van der Waals surface area contributed by atoms with Crippen LogP contribution in [0.3, 0.4) is 0 Å². The molecule has 5 aromatic rings. The van der Waals surface area contributed by atoms with Crippen LogP contribution in [0.15, 0.2) is 83.3 Å². The largest absolute Gasteiger partial charge is 0.456 e. The van der Waals surface area contributed by atoms with Crippen LogP contribution < -0.4 is 0 Å². The van der Waals surface area contributed by atoms with Crippen LogP contribution in [0.1, 0.15) is 0 Å². The maximum Gasteiger partial charge on any atom is 0.135 e. The van der Waals surface area contributed by atoms with Gasteiger partial charge in [-0.25, -0.2) is 4.98 Å². The molecule has 3 aromatic carbocycles. The van der Waals surface area contributed by atoms with Crippen LogP contribution in [0, 0.1) is 0 Å². The van der Waals surface area contributed by atoms with Gasteiger partial charge < -0.3 is 4.42 Å². The predicted molar refractivity (Wildman–Crippen MR) is 94.5 cm³/mol. The first kappa shape index (κ1) is 12.4. The topological polar surface area (TPSA) is 26.0 Å². The normalized spacial score (nSPS) is 11.5. The summed E-state index contributed by atoms with van der Waals surface area (Å²) < 4.78 is 5.89. The summed E-state index contributed by atoms with van der Waals surface area (Å²) in [5.74, 6) is 0. The molecule has 0 N–H and O–H groups in total. The van der Waals surface area contributed by atoms with Crippen LogP contribution in [0.2, 0.25) is 0 Å². The van der Waals surface area contributed by atoms with Crippen LogP contribution in [-0.4, -0.2) is 4.98 Å². The Morgan fingerprint density at radius 1 is 0.652 bits per heavy atom. The zero-order chi connectivity index (χ0) is 15.2. The molecule has 0 aliphatic heterocycles. The Bertz CT molecular complexity index is 1170. The van der Waals surface area contributed by atoms with Gasteiger partial charge >= 0.3 is 0 Å². The molecule has 0 atom stereocenters. The van der Waals surface area contributed by atoms with Gasteiger partial charge in [-0.05, 0) is 36.4 Å². The number of para-hydroxylation sites is 2. The minimum absolute atomic E-state index is 0.913. The number of hydrogen-bond donors (Lipinski definition) is 0. The van der Waals surface area contributed by atoms with Crippen LogP contribution >= 0.6 is 0 Å². The number of nitrogens with zero attached hydrogens (tertiary/aromatic N) is 1. The smallest absolute Gasteiger partial charge is 0.135 e. The summed E-state index contributed by atoms with van der Waals surface area (Å²) in [7, 11) is 0. The summed E-state index contributed by atoms with van der Waals surface area (Å²) >= 11 is 0. The van der Waals surface area contributed by atoms with Crippen LogP contribution in [0.25, 0.3) is 44.1 Å². The Kier molecular flexibility index (Phi) is 2.53. The molecule has 5 rings (SSSR count). The molecule has 108 valence electrons. The van der Waals surface area contributed by atoms with Gasteiger partial charge in [0.15, 0.2) is 0 Å². The van der Waals surface area contributed by atoms with E-state index in [-0.39, 0.29) is 0 Å². The monoisotopic (exact) mass is 295 g/mol. The van der Waals surface area contributed by atoms with Gasteiger partial charge in [-0.15, -0.1) is 0 Å². The van der Waals surface area contributed by atoms with Crippen molar-refractivity contribution in [1.82, 2.24) is 4.98 Å². The van der Waals surface area contributed by atoms with Crippen molar-refractivity contribution < 1.29 is 4.42 Å². The molecular weight excluding hydrogens is 282 g/mol. The highest BCUT2D eigenvalue weighted by atomic mass is 16.3. The van der Waals surface area contributed by atoms with Gasteiger partial charge in [0.25, 0.3) is 0 Å². The lowest BCUT2D eigenvalue weighted by Crippen LogP contribution is -1.84. The van der Waals surface area contributed by atoms with E-state index in [2.05, 4.69) is 36.4 Å². The molecule has 23 heavy (non-hydrogen) atoms. The fourth-order valence-corrected chi connectivity index (χ4v) is 3.11. The number of pyridine rings is 1. The summed E-state index contributed by atoms with van der Waals surface area (Å²) in [6, 6.07) is 26.8. The van der Waals surface area contributed by atoms with Crippen molar-refractivity contribution >= 4 is 32.8 Å². The van der Waals surface area contributed by atoms with Crippen molar-refractivity contribution in [1.29, 1.82) is 0 Å². The van der Waals surface area contributed by atoms with E-state index in [1.54, 1.807) is 0 Å². The van der Waals surface area contributed by atoms with Crippen molar-refractivity contribution in [2.24, 2.45) is 0 Å². The van der Waals surface area contributed by atoms with E-state index in [4.69, 9.17) is 9.40 Å². The number of hydrogen-bond acceptors (Lipinski definition) is 2. The molecule has 0 aliphatic carbocycles. The summed E-state index contributed by atoms with van der Waals surface area (Å²) in [5.41, 5.74) is 4.94. The Morgan fingerprint density at radius 3 is 2.48 bits per heavy atom. The van der Waals surface area contributed by atoms with Gasteiger partial charge in [-0.2, -0.15) is 0 Å². The average molecular weight is 295 g/mol.